The molecule has 0 amide bonds. The van der Waals surface area contributed by atoms with Crippen LogP contribution in [0.25, 0.3) is 0 Å². The molecule has 102 valence electrons. The second-order valence-corrected chi connectivity index (χ2v) is 6.35. The number of nitrogens with zero attached hydrogens (tertiary/aromatic N) is 1. The minimum atomic E-state index is 0.736. The Hall–Kier alpha value is -0.340. The van der Waals surface area contributed by atoms with Crippen LogP contribution in [-0.2, 0) is 0 Å². The third-order valence-electron chi connectivity index (χ3n) is 4.76. The van der Waals surface area contributed by atoms with Gasteiger partial charge >= 0.3 is 0 Å². The monoisotopic (exact) mass is 248 g/mol. The topological polar surface area (TPSA) is 15.3 Å². The summed E-state index contributed by atoms with van der Waals surface area (Å²) in [6.45, 7) is 2.53. The number of rotatable bonds is 4. The maximum absolute atomic E-state index is 3.67. The second kappa shape index (κ2) is 6.21. The smallest absolute Gasteiger partial charge is 0.0281 e. The van der Waals surface area contributed by atoms with Gasteiger partial charge in [0.15, 0.2) is 0 Å². The molecule has 1 heterocycles. The molecule has 0 aromatic rings. The molecule has 1 saturated heterocycles. The molecule has 2 fully saturated rings. The molecule has 2 atom stereocenters. The van der Waals surface area contributed by atoms with E-state index < -0.39 is 0 Å². The largest absolute Gasteiger partial charge is 0.313 e. The molecule has 18 heavy (non-hydrogen) atoms. The highest BCUT2D eigenvalue weighted by atomic mass is 15.2. The summed E-state index contributed by atoms with van der Waals surface area (Å²) in [5.74, 6) is 0. The summed E-state index contributed by atoms with van der Waals surface area (Å²) in [5.41, 5.74) is 0. The van der Waals surface area contributed by atoms with Crippen molar-refractivity contribution in [1.82, 2.24) is 10.2 Å². The van der Waals surface area contributed by atoms with Crippen LogP contribution < -0.4 is 5.32 Å². The Morgan fingerprint density at radius 3 is 2.72 bits per heavy atom. The maximum atomic E-state index is 3.67. The third kappa shape index (κ3) is 3.36. The first-order valence-electron chi connectivity index (χ1n) is 8.09. The average Bonchev–Trinajstić information content (AvgIpc) is 3.05. The van der Waals surface area contributed by atoms with Gasteiger partial charge in [0.25, 0.3) is 0 Å². The van der Waals surface area contributed by atoms with Crippen molar-refractivity contribution in [3.05, 3.63) is 12.2 Å². The molecule has 0 spiro atoms. The molecule has 2 unspecified atom stereocenters. The van der Waals surface area contributed by atoms with Crippen molar-refractivity contribution in [3.8, 4) is 0 Å². The van der Waals surface area contributed by atoms with Crippen LogP contribution >= 0.6 is 0 Å². The lowest BCUT2D eigenvalue weighted by Crippen LogP contribution is -2.44. The summed E-state index contributed by atoms with van der Waals surface area (Å²) in [7, 11) is 0. The van der Waals surface area contributed by atoms with Gasteiger partial charge in [-0.3, -0.25) is 4.90 Å². The minimum Gasteiger partial charge on any atom is -0.313 e. The minimum absolute atomic E-state index is 0.736. The molecule has 2 nitrogen and oxygen atoms in total. The Bertz CT molecular complexity index is 277. The van der Waals surface area contributed by atoms with E-state index in [-0.39, 0.29) is 0 Å². The number of nitrogens with one attached hydrogen (secondary N) is 1. The lowest BCUT2D eigenvalue weighted by molar-refractivity contribution is 0.187. The van der Waals surface area contributed by atoms with E-state index in [2.05, 4.69) is 22.4 Å². The van der Waals surface area contributed by atoms with Crippen LogP contribution in [0.2, 0.25) is 0 Å². The molecule has 0 aromatic heterocycles. The Kier molecular flexibility index (Phi) is 4.37. The van der Waals surface area contributed by atoms with Gasteiger partial charge in [0, 0.05) is 24.7 Å². The standard InChI is InChI=1S/C16H28N2/c1-2-4-8-15(9-5-3-1)18(16-10-11-16)13-14-7-6-12-17-14/h4,8,14-17H,1-3,5-7,9-13H2/b8-4+. The van der Waals surface area contributed by atoms with Crippen molar-refractivity contribution >= 4 is 0 Å². The average molecular weight is 248 g/mol. The van der Waals surface area contributed by atoms with Crippen molar-refractivity contribution in [2.45, 2.75) is 75.9 Å². The molecule has 0 radical (unpaired) electrons. The second-order valence-electron chi connectivity index (χ2n) is 6.35. The van der Waals surface area contributed by atoms with Gasteiger partial charge in [-0.05, 0) is 51.5 Å². The van der Waals surface area contributed by atoms with E-state index in [1.165, 1.54) is 70.9 Å². The van der Waals surface area contributed by atoms with Crippen LogP contribution in [0, 0.1) is 0 Å². The van der Waals surface area contributed by atoms with E-state index in [1.807, 2.05) is 0 Å². The van der Waals surface area contributed by atoms with Crippen LogP contribution in [0.5, 0.6) is 0 Å². The van der Waals surface area contributed by atoms with E-state index in [0.717, 1.165) is 18.1 Å². The van der Waals surface area contributed by atoms with Crippen LogP contribution in [0.4, 0.5) is 0 Å². The highest BCUT2D eigenvalue weighted by Gasteiger charge is 2.34. The summed E-state index contributed by atoms with van der Waals surface area (Å²) >= 11 is 0. The molecule has 3 rings (SSSR count). The molecule has 0 bridgehead atoms. The van der Waals surface area contributed by atoms with Gasteiger partial charge in [-0.1, -0.05) is 25.0 Å². The first-order chi connectivity index (χ1) is 8.93. The van der Waals surface area contributed by atoms with Crippen molar-refractivity contribution < 1.29 is 0 Å². The Morgan fingerprint density at radius 1 is 1.00 bits per heavy atom. The normalized spacial score (nSPS) is 35.4. The predicted octanol–water partition coefficient (Wildman–Crippen LogP) is 3.09. The van der Waals surface area contributed by atoms with Crippen LogP contribution in [0.15, 0.2) is 12.2 Å². The highest BCUT2D eigenvalue weighted by Crippen LogP contribution is 2.32. The fourth-order valence-corrected chi connectivity index (χ4v) is 3.55. The van der Waals surface area contributed by atoms with Gasteiger partial charge in [0.2, 0.25) is 0 Å². The van der Waals surface area contributed by atoms with Crippen LogP contribution in [0.1, 0.15) is 57.8 Å². The zero-order chi connectivity index (χ0) is 12.2. The number of allylic oxidation sites excluding steroid dienone is 1. The Labute approximate surface area is 112 Å². The SMILES string of the molecule is C1=C/C(N(CC2CCCN2)C2CC2)CCCCC/1. The van der Waals surface area contributed by atoms with Crippen molar-refractivity contribution in [1.29, 1.82) is 0 Å². The molecule has 3 aliphatic rings. The molecule has 1 saturated carbocycles. The fourth-order valence-electron chi connectivity index (χ4n) is 3.55. The molecule has 1 aliphatic heterocycles. The van der Waals surface area contributed by atoms with Gasteiger partial charge in [-0.2, -0.15) is 0 Å². The first-order valence-corrected chi connectivity index (χ1v) is 8.09. The molecule has 1 N–H and O–H groups in total. The lowest BCUT2D eigenvalue weighted by Gasteiger charge is -2.33. The highest BCUT2D eigenvalue weighted by molar-refractivity contribution is 5.01. The van der Waals surface area contributed by atoms with E-state index in [9.17, 15) is 0 Å². The maximum Gasteiger partial charge on any atom is 0.0281 e. The van der Waals surface area contributed by atoms with Crippen molar-refractivity contribution in [3.63, 3.8) is 0 Å². The van der Waals surface area contributed by atoms with E-state index in [1.54, 1.807) is 0 Å². The van der Waals surface area contributed by atoms with Crippen molar-refractivity contribution in [2.24, 2.45) is 0 Å². The van der Waals surface area contributed by atoms with E-state index in [4.69, 9.17) is 0 Å². The van der Waals surface area contributed by atoms with Crippen LogP contribution in [-0.4, -0.2) is 36.1 Å². The summed E-state index contributed by atoms with van der Waals surface area (Å²) in [4.78, 5) is 2.82. The Balaban J connectivity index is 1.61. The number of hydrogen-bond acceptors (Lipinski definition) is 2. The van der Waals surface area contributed by atoms with E-state index >= 15 is 0 Å². The van der Waals surface area contributed by atoms with Gasteiger partial charge in [0.05, 0.1) is 0 Å². The molecule has 2 aliphatic carbocycles. The van der Waals surface area contributed by atoms with Gasteiger partial charge < -0.3 is 5.32 Å². The van der Waals surface area contributed by atoms with Crippen molar-refractivity contribution in [2.75, 3.05) is 13.1 Å². The quantitative estimate of drug-likeness (QED) is 0.769. The lowest BCUT2D eigenvalue weighted by atomic mass is 10.0. The summed E-state index contributed by atoms with van der Waals surface area (Å²) in [5, 5.41) is 3.67. The van der Waals surface area contributed by atoms with Crippen LogP contribution in [0.3, 0.4) is 0 Å². The predicted molar refractivity (Wildman–Crippen MR) is 76.8 cm³/mol. The first kappa shape index (κ1) is 12.7. The summed E-state index contributed by atoms with van der Waals surface area (Å²) in [6.07, 6.45) is 17.6. The zero-order valence-corrected chi connectivity index (χ0v) is 11.6. The summed E-state index contributed by atoms with van der Waals surface area (Å²) in [6, 6.07) is 2.41. The van der Waals surface area contributed by atoms with Gasteiger partial charge in [-0.25, -0.2) is 0 Å². The fraction of sp³-hybridized carbons (Fsp3) is 0.875. The zero-order valence-electron chi connectivity index (χ0n) is 11.6. The molecule has 0 aromatic carbocycles. The summed E-state index contributed by atoms with van der Waals surface area (Å²) < 4.78 is 0. The third-order valence-corrected chi connectivity index (χ3v) is 4.76. The number of hydrogen-bond donors (Lipinski definition) is 1. The molecular formula is C16H28N2. The molecular weight excluding hydrogens is 220 g/mol. The van der Waals surface area contributed by atoms with E-state index in [0.29, 0.717) is 0 Å². The van der Waals surface area contributed by atoms with Gasteiger partial charge in [-0.15, -0.1) is 0 Å². The molecule has 2 heteroatoms. The van der Waals surface area contributed by atoms with Gasteiger partial charge in [0.1, 0.15) is 0 Å². The Morgan fingerprint density at radius 2 is 1.94 bits per heavy atom.